The molecule has 166 valence electrons. The molecule has 1 amide bonds. The van der Waals surface area contributed by atoms with E-state index >= 15 is 0 Å². The Balaban J connectivity index is 1.56. The molecular formula is C24H24N8O. The van der Waals surface area contributed by atoms with Crippen molar-refractivity contribution in [2.24, 2.45) is 5.73 Å². The van der Waals surface area contributed by atoms with Gasteiger partial charge in [-0.05, 0) is 36.6 Å². The van der Waals surface area contributed by atoms with Gasteiger partial charge in [0.1, 0.15) is 17.4 Å². The fourth-order valence-corrected chi connectivity index (χ4v) is 3.53. The topological polar surface area (TPSA) is 134 Å². The number of benzene rings is 1. The molecular weight excluding hydrogens is 416 g/mol. The maximum atomic E-state index is 11.3. The Morgan fingerprint density at radius 2 is 2.00 bits per heavy atom. The number of fused-ring (bicyclic) bond motifs is 1. The van der Waals surface area contributed by atoms with Crippen LogP contribution in [0.3, 0.4) is 0 Å². The van der Waals surface area contributed by atoms with E-state index in [2.05, 4.69) is 31.7 Å². The van der Waals surface area contributed by atoms with Gasteiger partial charge in [-0.2, -0.15) is 5.26 Å². The molecule has 0 aliphatic heterocycles. The van der Waals surface area contributed by atoms with E-state index in [1.807, 2.05) is 60.8 Å². The van der Waals surface area contributed by atoms with E-state index in [9.17, 15) is 10.1 Å². The van der Waals surface area contributed by atoms with Crippen LogP contribution in [0.1, 0.15) is 35.2 Å². The van der Waals surface area contributed by atoms with Gasteiger partial charge in [0.25, 0.3) is 0 Å². The average Bonchev–Trinajstić information content (AvgIpc) is 3.28. The number of carbonyl (C=O) groups is 1. The Morgan fingerprint density at radius 3 is 2.73 bits per heavy atom. The number of imidazole rings is 1. The molecule has 9 nitrogen and oxygen atoms in total. The molecule has 0 saturated carbocycles. The van der Waals surface area contributed by atoms with Gasteiger partial charge in [0.05, 0.1) is 36.2 Å². The third-order valence-corrected chi connectivity index (χ3v) is 5.38. The minimum absolute atomic E-state index is 0.0275. The van der Waals surface area contributed by atoms with Crippen molar-refractivity contribution in [1.82, 2.24) is 24.7 Å². The number of carbonyl (C=O) groups excluding carboxylic acids is 1. The number of aryl methyl sites for hydroxylation is 1. The van der Waals surface area contributed by atoms with Crippen molar-refractivity contribution in [3.05, 3.63) is 77.2 Å². The predicted octanol–water partition coefficient (Wildman–Crippen LogP) is 2.72. The summed E-state index contributed by atoms with van der Waals surface area (Å²) < 4.78 is 1.92. The Hall–Kier alpha value is -4.29. The molecule has 0 spiro atoms. The second-order valence-corrected chi connectivity index (χ2v) is 7.68. The number of nitrogens with zero attached hydrogens (tertiary/aromatic N) is 5. The van der Waals surface area contributed by atoms with Crippen LogP contribution in [0.4, 0.5) is 5.95 Å². The van der Waals surface area contributed by atoms with Gasteiger partial charge in [-0.25, -0.2) is 15.0 Å². The van der Waals surface area contributed by atoms with Gasteiger partial charge in [0, 0.05) is 12.7 Å². The molecule has 0 radical (unpaired) electrons. The molecule has 1 aromatic carbocycles. The van der Waals surface area contributed by atoms with Gasteiger partial charge in [0.15, 0.2) is 0 Å². The fourth-order valence-electron chi connectivity index (χ4n) is 3.53. The fraction of sp³-hybridized carbons (Fsp3) is 0.208. The Morgan fingerprint density at radius 1 is 1.21 bits per heavy atom. The zero-order valence-electron chi connectivity index (χ0n) is 18.4. The Kier molecular flexibility index (Phi) is 6.29. The number of anilines is 1. The highest BCUT2D eigenvalue weighted by Crippen LogP contribution is 2.25. The van der Waals surface area contributed by atoms with Crippen LogP contribution >= 0.6 is 0 Å². The standard InChI is InChI=1S/C24H24N8O/c1-15-4-3-9-32-20(14-28-23(15)32)22-19(10-25)13-29-24(31-22)30-16(2)18-7-5-17(6-8-18)12-27-21(33)11-26/h3-9,13-14,16H,11-12,26H2,1-2H3,(H,27,33)(H,29,30,31)/t16-/m0/s1. The molecule has 3 heterocycles. The van der Waals surface area contributed by atoms with E-state index in [1.165, 1.54) is 6.20 Å². The SMILES string of the molecule is Cc1cccn2c(-c3nc(N[C@@H](C)c4ccc(CNC(=O)CN)cc4)ncc3C#N)cnc12. The first-order valence-corrected chi connectivity index (χ1v) is 10.5. The number of pyridine rings is 1. The molecule has 9 heteroatoms. The van der Waals surface area contributed by atoms with Crippen molar-refractivity contribution < 1.29 is 4.79 Å². The van der Waals surface area contributed by atoms with Crippen molar-refractivity contribution in [2.45, 2.75) is 26.4 Å². The van der Waals surface area contributed by atoms with Crippen molar-refractivity contribution in [3.8, 4) is 17.5 Å². The van der Waals surface area contributed by atoms with Crippen molar-refractivity contribution in [1.29, 1.82) is 5.26 Å². The maximum Gasteiger partial charge on any atom is 0.234 e. The molecule has 4 N–H and O–H groups in total. The lowest BCUT2D eigenvalue weighted by atomic mass is 10.1. The van der Waals surface area contributed by atoms with E-state index in [1.54, 1.807) is 6.20 Å². The molecule has 4 aromatic rings. The van der Waals surface area contributed by atoms with Crippen LogP contribution in [0, 0.1) is 18.3 Å². The maximum absolute atomic E-state index is 11.3. The number of nitrogens with two attached hydrogens (primary N) is 1. The lowest BCUT2D eigenvalue weighted by molar-refractivity contribution is -0.119. The predicted molar refractivity (Wildman–Crippen MR) is 125 cm³/mol. The smallest absolute Gasteiger partial charge is 0.234 e. The molecule has 0 saturated heterocycles. The molecule has 1 atom stereocenters. The van der Waals surface area contributed by atoms with Crippen LogP contribution in [0.15, 0.2) is 55.0 Å². The first kappa shape index (κ1) is 21.9. The van der Waals surface area contributed by atoms with E-state index in [4.69, 9.17) is 5.73 Å². The van der Waals surface area contributed by atoms with E-state index in [-0.39, 0.29) is 18.5 Å². The Bertz CT molecular complexity index is 1340. The zero-order chi connectivity index (χ0) is 23.4. The first-order valence-electron chi connectivity index (χ1n) is 10.5. The van der Waals surface area contributed by atoms with Crippen molar-refractivity contribution >= 4 is 17.5 Å². The summed E-state index contributed by atoms with van der Waals surface area (Å²) in [6.07, 6.45) is 5.15. The van der Waals surface area contributed by atoms with Gasteiger partial charge < -0.3 is 16.4 Å². The molecule has 3 aromatic heterocycles. The molecule has 4 rings (SSSR count). The zero-order valence-corrected chi connectivity index (χ0v) is 18.4. The molecule has 0 aliphatic carbocycles. The number of nitriles is 1. The summed E-state index contributed by atoms with van der Waals surface area (Å²) in [5.74, 6) is 0.224. The first-order chi connectivity index (χ1) is 16.0. The quantitative estimate of drug-likeness (QED) is 0.402. The second-order valence-electron chi connectivity index (χ2n) is 7.68. The van der Waals surface area contributed by atoms with Crippen LogP contribution in [0.5, 0.6) is 0 Å². The summed E-state index contributed by atoms with van der Waals surface area (Å²) in [5.41, 5.74) is 10.8. The summed E-state index contributed by atoms with van der Waals surface area (Å²) in [6, 6.07) is 13.9. The van der Waals surface area contributed by atoms with Gasteiger partial charge in [-0.15, -0.1) is 0 Å². The summed E-state index contributed by atoms with van der Waals surface area (Å²) in [4.78, 5) is 24.8. The Labute approximate surface area is 191 Å². The van der Waals surface area contributed by atoms with E-state index in [0.717, 1.165) is 28.0 Å². The third-order valence-electron chi connectivity index (χ3n) is 5.38. The summed E-state index contributed by atoms with van der Waals surface area (Å²) in [7, 11) is 0. The van der Waals surface area contributed by atoms with Gasteiger partial charge in [-0.3, -0.25) is 9.20 Å². The van der Waals surface area contributed by atoms with Crippen LogP contribution in [0.2, 0.25) is 0 Å². The van der Waals surface area contributed by atoms with Crippen molar-refractivity contribution in [3.63, 3.8) is 0 Å². The number of hydrogen-bond donors (Lipinski definition) is 3. The highest BCUT2D eigenvalue weighted by atomic mass is 16.1. The number of rotatable bonds is 7. The van der Waals surface area contributed by atoms with E-state index < -0.39 is 0 Å². The van der Waals surface area contributed by atoms with Gasteiger partial charge in [0.2, 0.25) is 11.9 Å². The minimum atomic E-state index is -0.191. The number of amides is 1. The highest BCUT2D eigenvalue weighted by molar-refractivity contribution is 5.77. The van der Waals surface area contributed by atoms with Crippen LogP contribution < -0.4 is 16.4 Å². The lowest BCUT2D eigenvalue weighted by Gasteiger charge is -2.16. The van der Waals surface area contributed by atoms with Crippen LogP contribution in [-0.2, 0) is 11.3 Å². The normalized spacial score (nSPS) is 11.7. The summed E-state index contributed by atoms with van der Waals surface area (Å²) in [6.45, 7) is 4.40. The number of aromatic nitrogens is 4. The summed E-state index contributed by atoms with van der Waals surface area (Å²) in [5, 5.41) is 15.7. The number of hydrogen-bond acceptors (Lipinski definition) is 7. The van der Waals surface area contributed by atoms with Gasteiger partial charge >= 0.3 is 0 Å². The minimum Gasteiger partial charge on any atom is -0.351 e. The monoisotopic (exact) mass is 440 g/mol. The van der Waals surface area contributed by atoms with Crippen LogP contribution in [0.25, 0.3) is 17.0 Å². The molecule has 0 unspecified atom stereocenters. The number of nitrogens with one attached hydrogen (secondary N) is 2. The summed E-state index contributed by atoms with van der Waals surface area (Å²) >= 11 is 0. The second kappa shape index (κ2) is 9.46. The van der Waals surface area contributed by atoms with Crippen molar-refractivity contribution in [2.75, 3.05) is 11.9 Å². The van der Waals surface area contributed by atoms with Gasteiger partial charge in [-0.1, -0.05) is 30.3 Å². The van der Waals surface area contributed by atoms with Crippen LogP contribution in [-0.4, -0.2) is 31.8 Å². The molecule has 33 heavy (non-hydrogen) atoms. The molecule has 0 aliphatic rings. The third kappa shape index (κ3) is 4.66. The lowest BCUT2D eigenvalue weighted by Crippen LogP contribution is -2.29. The highest BCUT2D eigenvalue weighted by Gasteiger charge is 2.16. The molecule has 0 bridgehead atoms. The molecule has 0 fully saturated rings. The average molecular weight is 441 g/mol. The van der Waals surface area contributed by atoms with E-state index in [0.29, 0.717) is 23.8 Å². The largest absolute Gasteiger partial charge is 0.351 e.